The molecular weight excluding hydrogens is 210 g/mol. The van der Waals surface area contributed by atoms with Gasteiger partial charge in [-0.25, -0.2) is 0 Å². The number of rotatable bonds is 4. The minimum absolute atomic E-state index is 0.204. The normalized spacial score (nSPS) is 9.56. The molecule has 0 saturated heterocycles. The lowest BCUT2D eigenvalue weighted by Crippen LogP contribution is -2.08. The van der Waals surface area contributed by atoms with Gasteiger partial charge in [0, 0.05) is 18.2 Å². The van der Waals surface area contributed by atoms with Crippen molar-refractivity contribution in [1.82, 2.24) is 0 Å². The van der Waals surface area contributed by atoms with Gasteiger partial charge in [-0.2, -0.15) is 0 Å². The predicted octanol–water partition coefficient (Wildman–Crippen LogP) is 1.30. The van der Waals surface area contributed by atoms with Crippen LogP contribution in [0.4, 0.5) is 5.69 Å². The second-order valence-corrected chi connectivity index (χ2v) is 3.25. The number of nitrogens with one attached hydrogen (secondary N) is 1. The van der Waals surface area contributed by atoms with Gasteiger partial charge in [0.25, 0.3) is 0 Å². The van der Waals surface area contributed by atoms with Crippen molar-refractivity contribution >= 4 is 23.3 Å². The van der Waals surface area contributed by atoms with E-state index in [1.165, 1.54) is 19.1 Å². The molecule has 0 unspecified atom stereocenters. The zero-order valence-corrected chi connectivity index (χ0v) is 8.69. The first-order valence-corrected chi connectivity index (χ1v) is 4.61. The van der Waals surface area contributed by atoms with Crippen LogP contribution in [-0.4, -0.2) is 22.8 Å². The number of carboxylic acids is 1. The molecule has 0 radical (unpaired) electrons. The van der Waals surface area contributed by atoms with Gasteiger partial charge >= 0.3 is 5.97 Å². The average Bonchev–Trinajstić information content (AvgIpc) is 2.16. The van der Waals surface area contributed by atoms with Gasteiger partial charge in [-0.1, -0.05) is 0 Å². The van der Waals surface area contributed by atoms with Crippen molar-refractivity contribution in [2.45, 2.75) is 13.3 Å². The van der Waals surface area contributed by atoms with Gasteiger partial charge in [0.2, 0.25) is 5.91 Å². The van der Waals surface area contributed by atoms with E-state index in [-0.39, 0.29) is 5.91 Å². The van der Waals surface area contributed by atoms with Crippen molar-refractivity contribution in [2.75, 3.05) is 5.32 Å². The molecule has 0 aromatic heterocycles. The Hall–Kier alpha value is -2.17. The molecule has 1 aromatic carbocycles. The number of hydrogen-bond donors (Lipinski definition) is 2. The number of amides is 1. The first-order valence-electron chi connectivity index (χ1n) is 4.61. The number of anilines is 1. The molecule has 1 aromatic rings. The van der Waals surface area contributed by atoms with Crippen LogP contribution in [0.5, 0.6) is 0 Å². The summed E-state index contributed by atoms with van der Waals surface area (Å²) in [5, 5.41) is 11.0. The van der Waals surface area contributed by atoms with E-state index in [0.717, 1.165) is 0 Å². The van der Waals surface area contributed by atoms with E-state index in [1.807, 2.05) is 0 Å². The topological polar surface area (TPSA) is 83.5 Å². The maximum atomic E-state index is 11.3. The van der Waals surface area contributed by atoms with Gasteiger partial charge in [-0.05, 0) is 24.3 Å². The first kappa shape index (κ1) is 11.9. The van der Waals surface area contributed by atoms with Crippen LogP contribution in [0.2, 0.25) is 0 Å². The smallest absolute Gasteiger partial charge is 0.311 e. The number of ketones is 1. The number of carbonyl (C=O) groups excluding carboxylic acids is 2. The SMILES string of the molecule is CC(=O)Nc1ccc(C(=O)CC(=O)O)cc1. The molecule has 0 spiro atoms. The van der Waals surface area contributed by atoms with Gasteiger partial charge in [0.1, 0.15) is 6.42 Å². The summed E-state index contributed by atoms with van der Waals surface area (Å²) in [5.74, 6) is -1.82. The fourth-order valence-electron chi connectivity index (χ4n) is 1.18. The molecule has 16 heavy (non-hydrogen) atoms. The Balaban J connectivity index is 2.74. The minimum Gasteiger partial charge on any atom is -0.481 e. The van der Waals surface area contributed by atoms with Crippen molar-refractivity contribution in [1.29, 1.82) is 0 Å². The van der Waals surface area contributed by atoms with Crippen molar-refractivity contribution in [3.05, 3.63) is 29.8 Å². The molecule has 5 heteroatoms. The third kappa shape index (κ3) is 3.53. The Morgan fingerprint density at radius 2 is 1.75 bits per heavy atom. The van der Waals surface area contributed by atoms with E-state index in [2.05, 4.69) is 5.32 Å². The number of carbonyl (C=O) groups is 3. The summed E-state index contributed by atoms with van der Waals surface area (Å²) in [6.45, 7) is 1.38. The van der Waals surface area contributed by atoms with E-state index in [0.29, 0.717) is 11.3 Å². The molecule has 1 amide bonds. The van der Waals surface area contributed by atoms with Gasteiger partial charge < -0.3 is 10.4 Å². The minimum atomic E-state index is -1.16. The van der Waals surface area contributed by atoms with Crippen LogP contribution >= 0.6 is 0 Å². The molecule has 0 aliphatic rings. The second-order valence-electron chi connectivity index (χ2n) is 3.25. The Kier molecular flexibility index (Phi) is 3.77. The number of carboxylic acid groups (broad SMARTS) is 1. The molecule has 1 rings (SSSR count). The van der Waals surface area contributed by atoms with Crippen LogP contribution in [0.3, 0.4) is 0 Å². The summed E-state index contributed by atoms with van der Waals surface area (Å²) in [4.78, 5) is 32.4. The Bertz CT molecular complexity index is 422. The summed E-state index contributed by atoms with van der Waals surface area (Å²) in [7, 11) is 0. The van der Waals surface area contributed by atoms with E-state index >= 15 is 0 Å². The molecule has 2 N–H and O–H groups in total. The maximum Gasteiger partial charge on any atom is 0.311 e. The molecule has 0 bridgehead atoms. The van der Waals surface area contributed by atoms with Crippen LogP contribution in [0.25, 0.3) is 0 Å². The quantitative estimate of drug-likeness (QED) is 0.593. The fraction of sp³-hybridized carbons (Fsp3) is 0.182. The highest BCUT2D eigenvalue weighted by Gasteiger charge is 2.10. The maximum absolute atomic E-state index is 11.3. The summed E-state index contributed by atoms with van der Waals surface area (Å²) >= 11 is 0. The van der Waals surface area contributed by atoms with Gasteiger partial charge in [0.15, 0.2) is 5.78 Å². The molecular formula is C11H11NO4. The van der Waals surface area contributed by atoms with Gasteiger partial charge in [0.05, 0.1) is 0 Å². The van der Waals surface area contributed by atoms with E-state index in [1.54, 1.807) is 12.1 Å². The van der Waals surface area contributed by atoms with Gasteiger partial charge in [-0.15, -0.1) is 0 Å². The molecule has 0 aliphatic carbocycles. The number of Topliss-reactive ketones (excluding diaryl/α,β-unsaturated/α-hetero) is 1. The monoisotopic (exact) mass is 221 g/mol. The number of aliphatic carboxylic acids is 1. The fourth-order valence-corrected chi connectivity index (χ4v) is 1.18. The lowest BCUT2D eigenvalue weighted by atomic mass is 10.1. The third-order valence-electron chi connectivity index (χ3n) is 1.84. The highest BCUT2D eigenvalue weighted by Crippen LogP contribution is 2.11. The van der Waals surface area contributed by atoms with Crippen LogP contribution in [-0.2, 0) is 9.59 Å². The van der Waals surface area contributed by atoms with E-state index < -0.39 is 18.2 Å². The molecule has 0 atom stereocenters. The Labute approximate surface area is 92.1 Å². The molecule has 0 heterocycles. The lowest BCUT2D eigenvalue weighted by molar-refractivity contribution is -0.135. The summed E-state index contributed by atoms with van der Waals surface area (Å²) in [6, 6.07) is 6.07. The third-order valence-corrected chi connectivity index (χ3v) is 1.84. The summed E-state index contributed by atoms with van der Waals surface area (Å²) < 4.78 is 0. The van der Waals surface area contributed by atoms with Crippen LogP contribution in [0, 0.1) is 0 Å². The number of benzene rings is 1. The Morgan fingerprint density at radius 1 is 1.19 bits per heavy atom. The molecule has 84 valence electrons. The molecule has 0 fully saturated rings. The largest absolute Gasteiger partial charge is 0.481 e. The van der Waals surface area contributed by atoms with E-state index in [4.69, 9.17) is 5.11 Å². The number of hydrogen-bond acceptors (Lipinski definition) is 3. The van der Waals surface area contributed by atoms with Crippen molar-refractivity contribution in [2.24, 2.45) is 0 Å². The first-order chi connectivity index (χ1) is 7.49. The summed E-state index contributed by atoms with van der Waals surface area (Å²) in [6.07, 6.45) is -0.528. The van der Waals surface area contributed by atoms with Crippen molar-refractivity contribution in [3.8, 4) is 0 Å². The predicted molar refractivity (Wildman–Crippen MR) is 57.3 cm³/mol. The highest BCUT2D eigenvalue weighted by molar-refractivity contribution is 6.05. The molecule has 0 aliphatic heterocycles. The highest BCUT2D eigenvalue weighted by atomic mass is 16.4. The Morgan fingerprint density at radius 3 is 2.19 bits per heavy atom. The van der Waals surface area contributed by atoms with E-state index in [9.17, 15) is 14.4 Å². The van der Waals surface area contributed by atoms with Crippen LogP contribution < -0.4 is 5.32 Å². The molecule has 5 nitrogen and oxygen atoms in total. The zero-order valence-electron chi connectivity index (χ0n) is 8.69. The lowest BCUT2D eigenvalue weighted by Gasteiger charge is -2.02. The molecule has 0 saturated carbocycles. The van der Waals surface area contributed by atoms with Crippen molar-refractivity contribution in [3.63, 3.8) is 0 Å². The average molecular weight is 221 g/mol. The second kappa shape index (κ2) is 5.06. The zero-order chi connectivity index (χ0) is 12.1. The standard InChI is InChI=1S/C11H11NO4/c1-7(13)12-9-4-2-8(3-5-9)10(14)6-11(15)16/h2-5H,6H2,1H3,(H,12,13)(H,15,16). The van der Waals surface area contributed by atoms with Gasteiger partial charge in [-0.3, -0.25) is 14.4 Å². The van der Waals surface area contributed by atoms with Crippen LogP contribution in [0.1, 0.15) is 23.7 Å². The van der Waals surface area contributed by atoms with Crippen molar-refractivity contribution < 1.29 is 19.5 Å². The van der Waals surface area contributed by atoms with Crippen LogP contribution in [0.15, 0.2) is 24.3 Å². The summed E-state index contributed by atoms with van der Waals surface area (Å²) in [5.41, 5.74) is 0.885.